The van der Waals surface area contributed by atoms with Crippen LogP contribution in [-0.4, -0.2) is 44.7 Å². The minimum absolute atomic E-state index is 0. The second-order valence-electron chi connectivity index (χ2n) is 7.51. The van der Waals surface area contributed by atoms with Gasteiger partial charge in [-0.2, -0.15) is 4.98 Å². The Morgan fingerprint density at radius 3 is 2.76 bits per heavy atom. The van der Waals surface area contributed by atoms with Gasteiger partial charge in [0.05, 0.1) is 5.69 Å². The summed E-state index contributed by atoms with van der Waals surface area (Å²) in [6.07, 6.45) is 3.78. The van der Waals surface area contributed by atoms with E-state index in [0.717, 1.165) is 48.6 Å². The molecule has 1 aromatic heterocycles. The number of nitrogens with one attached hydrogen (secondary N) is 2. The highest BCUT2D eigenvalue weighted by Gasteiger charge is 2.21. The van der Waals surface area contributed by atoms with Crippen molar-refractivity contribution in [2.24, 2.45) is 0 Å². The number of anilines is 3. The van der Waals surface area contributed by atoms with Gasteiger partial charge in [-0.25, -0.2) is 4.68 Å². The Bertz CT molecular complexity index is 990. The Kier molecular flexibility index (Phi) is 5.46. The lowest BCUT2D eigenvalue weighted by atomic mass is 10.0. The van der Waals surface area contributed by atoms with Crippen LogP contribution in [0.4, 0.5) is 17.3 Å². The maximum absolute atomic E-state index is 11.7. The van der Waals surface area contributed by atoms with E-state index in [2.05, 4.69) is 45.8 Å². The number of likely N-dealkylation sites (tertiary alicyclic amines) is 1. The van der Waals surface area contributed by atoms with Crippen molar-refractivity contribution in [1.82, 2.24) is 19.7 Å². The number of para-hydroxylation sites is 1. The minimum atomic E-state index is 0. The smallest absolute Gasteiger partial charge is 0.246 e. The van der Waals surface area contributed by atoms with Crippen molar-refractivity contribution in [3.8, 4) is 5.69 Å². The van der Waals surface area contributed by atoms with Gasteiger partial charge in [0.25, 0.3) is 0 Å². The molecule has 152 valence electrons. The average molecular weight is 393 g/mol. The fraction of sp³-hybridized carbons (Fsp3) is 0.318. The van der Waals surface area contributed by atoms with Gasteiger partial charge in [0.1, 0.15) is 6.33 Å². The van der Waals surface area contributed by atoms with E-state index in [4.69, 9.17) is 0 Å². The fourth-order valence-corrected chi connectivity index (χ4v) is 3.71. The molecular weight excluding hydrogens is 364 g/mol. The second-order valence-corrected chi connectivity index (χ2v) is 7.51. The summed E-state index contributed by atoms with van der Waals surface area (Å²) in [6.45, 7) is 5.30. The molecule has 3 aromatic rings. The maximum atomic E-state index is 11.7. The topological polar surface area (TPSA) is 75.1 Å². The number of aromatic nitrogens is 3. The van der Waals surface area contributed by atoms with Crippen molar-refractivity contribution in [2.75, 3.05) is 23.7 Å². The zero-order valence-corrected chi connectivity index (χ0v) is 16.8. The van der Waals surface area contributed by atoms with Crippen LogP contribution in [0.5, 0.6) is 0 Å². The SMILES string of the molecule is CC(=O)N1CCCC(Nc2cc(C)cc(Nc3ncn(-c4ccccc4)n3)c2)C1.[HH]. The van der Waals surface area contributed by atoms with Gasteiger partial charge in [0, 0.05) is 38.9 Å². The molecule has 0 radical (unpaired) electrons. The molecule has 0 saturated carbocycles. The van der Waals surface area contributed by atoms with Crippen LogP contribution in [-0.2, 0) is 4.79 Å². The monoisotopic (exact) mass is 392 g/mol. The van der Waals surface area contributed by atoms with E-state index >= 15 is 0 Å². The lowest BCUT2D eigenvalue weighted by molar-refractivity contribution is -0.129. The summed E-state index contributed by atoms with van der Waals surface area (Å²) in [4.78, 5) is 18.0. The molecule has 2 N–H and O–H groups in total. The Balaban J connectivity index is 0.00000256. The minimum Gasteiger partial charge on any atom is -0.380 e. The lowest BCUT2D eigenvalue weighted by Crippen LogP contribution is -2.44. The molecule has 0 aliphatic carbocycles. The number of hydrogen-bond acceptors (Lipinski definition) is 5. The van der Waals surface area contributed by atoms with E-state index < -0.39 is 0 Å². The Morgan fingerprint density at radius 2 is 1.97 bits per heavy atom. The normalized spacial score (nSPS) is 16.5. The number of carbonyl (C=O) groups excluding carboxylic acids is 1. The number of benzene rings is 2. The van der Waals surface area contributed by atoms with Crippen molar-refractivity contribution < 1.29 is 6.22 Å². The van der Waals surface area contributed by atoms with Crippen LogP contribution in [0.15, 0.2) is 54.9 Å². The summed E-state index contributed by atoms with van der Waals surface area (Å²) in [7, 11) is 0. The number of carbonyl (C=O) groups is 1. The third-order valence-electron chi connectivity index (χ3n) is 5.08. The van der Waals surface area contributed by atoms with Crippen molar-refractivity contribution in [3.63, 3.8) is 0 Å². The quantitative estimate of drug-likeness (QED) is 0.687. The van der Waals surface area contributed by atoms with E-state index in [1.807, 2.05) is 35.2 Å². The molecule has 1 atom stereocenters. The molecule has 1 unspecified atom stereocenters. The third kappa shape index (κ3) is 4.74. The zero-order chi connectivity index (χ0) is 20.2. The Morgan fingerprint density at radius 1 is 1.17 bits per heavy atom. The first kappa shape index (κ1) is 19.0. The van der Waals surface area contributed by atoms with Gasteiger partial charge < -0.3 is 15.5 Å². The fourth-order valence-electron chi connectivity index (χ4n) is 3.71. The van der Waals surface area contributed by atoms with Gasteiger partial charge in [-0.3, -0.25) is 4.79 Å². The highest BCUT2D eigenvalue weighted by atomic mass is 16.2. The van der Waals surface area contributed by atoms with E-state index in [9.17, 15) is 4.79 Å². The van der Waals surface area contributed by atoms with E-state index in [1.165, 1.54) is 0 Å². The predicted octanol–water partition coefficient (Wildman–Crippen LogP) is 3.99. The van der Waals surface area contributed by atoms with E-state index in [0.29, 0.717) is 5.95 Å². The third-order valence-corrected chi connectivity index (χ3v) is 5.08. The van der Waals surface area contributed by atoms with Gasteiger partial charge in [0.2, 0.25) is 11.9 Å². The first-order chi connectivity index (χ1) is 14.1. The highest BCUT2D eigenvalue weighted by molar-refractivity contribution is 5.73. The van der Waals surface area contributed by atoms with Gasteiger partial charge >= 0.3 is 0 Å². The number of piperidine rings is 1. The summed E-state index contributed by atoms with van der Waals surface area (Å²) < 4.78 is 1.75. The average Bonchev–Trinajstić information content (AvgIpc) is 3.17. The largest absolute Gasteiger partial charge is 0.380 e. The molecule has 29 heavy (non-hydrogen) atoms. The first-order valence-corrected chi connectivity index (χ1v) is 9.95. The molecule has 1 aliphatic rings. The van der Waals surface area contributed by atoms with Crippen LogP contribution in [0.25, 0.3) is 5.69 Å². The van der Waals surface area contributed by atoms with Gasteiger partial charge in [-0.1, -0.05) is 18.2 Å². The molecule has 1 aliphatic heterocycles. The summed E-state index contributed by atoms with van der Waals surface area (Å²) in [5, 5.41) is 11.4. The summed E-state index contributed by atoms with van der Waals surface area (Å²) >= 11 is 0. The van der Waals surface area contributed by atoms with E-state index in [1.54, 1.807) is 17.9 Å². The van der Waals surface area contributed by atoms with Gasteiger partial charge in [-0.05, 0) is 55.7 Å². The van der Waals surface area contributed by atoms with Crippen molar-refractivity contribution >= 4 is 23.2 Å². The Hall–Kier alpha value is -3.35. The molecule has 2 heterocycles. The standard InChI is InChI=1S/C22H26N6O.H2/c1-16-11-19(24-18-7-6-10-27(14-18)17(2)29)13-20(12-16)25-22-23-15-28(26-22)21-8-4-3-5-9-21;/h3-5,8-9,11-13,15,18,24H,6-7,10,14H2,1-2H3,(H,25,26);1H. The summed E-state index contributed by atoms with van der Waals surface area (Å²) in [5.74, 6) is 0.689. The summed E-state index contributed by atoms with van der Waals surface area (Å²) in [6, 6.07) is 16.4. The molecule has 1 amide bonds. The zero-order valence-electron chi connectivity index (χ0n) is 16.8. The van der Waals surface area contributed by atoms with Crippen molar-refractivity contribution in [2.45, 2.75) is 32.7 Å². The molecule has 1 fully saturated rings. The molecule has 0 bridgehead atoms. The van der Waals surface area contributed by atoms with Crippen LogP contribution in [0.1, 0.15) is 26.8 Å². The number of nitrogens with zero attached hydrogens (tertiary/aromatic N) is 4. The van der Waals surface area contributed by atoms with Gasteiger partial charge in [0.15, 0.2) is 0 Å². The first-order valence-electron chi connectivity index (χ1n) is 9.95. The molecule has 7 heteroatoms. The lowest BCUT2D eigenvalue weighted by Gasteiger charge is -2.33. The van der Waals surface area contributed by atoms with Crippen LogP contribution >= 0.6 is 0 Å². The number of rotatable bonds is 5. The second kappa shape index (κ2) is 8.34. The molecule has 7 nitrogen and oxygen atoms in total. The number of amides is 1. The van der Waals surface area contributed by atoms with Crippen molar-refractivity contribution in [1.29, 1.82) is 0 Å². The predicted molar refractivity (Wildman–Crippen MR) is 117 cm³/mol. The molecule has 4 rings (SSSR count). The van der Waals surface area contributed by atoms with Crippen molar-refractivity contribution in [3.05, 3.63) is 60.4 Å². The molecule has 1 saturated heterocycles. The highest BCUT2D eigenvalue weighted by Crippen LogP contribution is 2.23. The molecule has 0 spiro atoms. The van der Waals surface area contributed by atoms with Crippen LogP contribution in [0.2, 0.25) is 0 Å². The number of hydrogen-bond donors (Lipinski definition) is 2. The van der Waals surface area contributed by atoms with Gasteiger partial charge in [-0.15, -0.1) is 5.10 Å². The number of aryl methyl sites for hydroxylation is 1. The summed E-state index contributed by atoms with van der Waals surface area (Å²) in [5.41, 5.74) is 4.06. The maximum Gasteiger partial charge on any atom is 0.246 e. The van der Waals surface area contributed by atoms with Crippen LogP contribution < -0.4 is 10.6 Å². The molecular formula is C22H28N6O. The van der Waals surface area contributed by atoms with E-state index in [-0.39, 0.29) is 13.4 Å². The van der Waals surface area contributed by atoms with Crippen LogP contribution in [0, 0.1) is 6.92 Å². The molecule has 2 aromatic carbocycles. The van der Waals surface area contributed by atoms with Crippen LogP contribution in [0.3, 0.4) is 0 Å². The Labute approximate surface area is 172 Å².